The molecule has 0 aromatic carbocycles. The molecular weight excluding hydrogens is 164 g/mol. The standard InChI is InChI=1S/C10H22N2O/c1-3-13-8-9(2)12-10-5-4-6-11-7-10/h9-12H,3-8H2,1-2H3. The molecule has 1 aliphatic heterocycles. The molecule has 2 atom stereocenters. The molecule has 0 spiro atoms. The molecule has 1 saturated heterocycles. The van der Waals surface area contributed by atoms with E-state index in [0.717, 1.165) is 19.8 Å². The predicted molar refractivity (Wildman–Crippen MR) is 55.0 cm³/mol. The highest BCUT2D eigenvalue weighted by atomic mass is 16.5. The lowest BCUT2D eigenvalue weighted by Crippen LogP contribution is -2.47. The third-order valence-electron chi connectivity index (χ3n) is 2.39. The minimum atomic E-state index is 0.477. The quantitative estimate of drug-likeness (QED) is 0.665. The third kappa shape index (κ3) is 4.60. The minimum Gasteiger partial charge on any atom is -0.380 e. The molecule has 0 saturated carbocycles. The smallest absolute Gasteiger partial charge is 0.0616 e. The summed E-state index contributed by atoms with van der Waals surface area (Å²) in [5, 5.41) is 6.96. The molecule has 2 unspecified atom stereocenters. The van der Waals surface area contributed by atoms with Crippen LogP contribution in [-0.4, -0.2) is 38.4 Å². The Balaban J connectivity index is 2.07. The van der Waals surface area contributed by atoms with Crippen molar-refractivity contribution in [1.82, 2.24) is 10.6 Å². The van der Waals surface area contributed by atoms with Gasteiger partial charge in [0.25, 0.3) is 0 Å². The lowest BCUT2D eigenvalue weighted by Gasteiger charge is -2.27. The lowest BCUT2D eigenvalue weighted by atomic mass is 10.1. The van der Waals surface area contributed by atoms with Crippen molar-refractivity contribution in [3.05, 3.63) is 0 Å². The first-order valence-corrected chi connectivity index (χ1v) is 5.37. The highest BCUT2D eigenvalue weighted by molar-refractivity contribution is 4.77. The summed E-state index contributed by atoms with van der Waals surface area (Å²) >= 11 is 0. The predicted octanol–water partition coefficient (Wildman–Crippen LogP) is 0.753. The Morgan fingerprint density at radius 3 is 3.08 bits per heavy atom. The summed E-state index contributed by atoms with van der Waals surface area (Å²) in [6.07, 6.45) is 2.59. The number of rotatable bonds is 5. The number of ether oxygens (including phenoxy) is 1. The molecular formula is C10H22N2O. The second-order valence-corrected chi connectivity index (χ2v) is 3.77. The average molecular weight is 186 g/mol. The van der Waals surface area contributed by atoms with Crippen molar-refractivity contribution in [1.29, 1.82) is 0 Å². The zero-order valence-electron chi connectivity index (χ0n) is 8.81. The van der Waals surface area contributed by atoms with E-state index >= 15 is 0 Å². The van der Waals surface area contributed by atoms with Gasteiger partial charge < -0.3 is 15.4 Å². The van der Waals surface area contributed by atoms with Gasteiger partial charge in [-0.3, -0.25) is 0 Å². The average Bonchev–Trinajstić information content (AvgIpc) is 2.16. The van der Waals surface area contributed by atoms with Gasteiger partial charge in [0.05, 0.1) is 6.61 Å². The van der Waals surface area contributed by atoms with Gasteiger partial charge in [0.1, 0.15) is 0 Å². The molecule has 78 valence electrons. The molecule has 0 radical (unpaired) electrons. The van der Waals surface area contributed by atoms with Crippen molar-refractivity contribution >= 4 is 0 Å². The molecule has 0 bridgehead atoms. The summed E-state index contributed by atoms with van der Waals surface area (Å²) < 4.78 is 5.35. The Morgan fingerprint density at radius 1 is 1.62 bits per heavy atom. The van der Waals surface area contributed by atoms with Gasteiger partial charge in [-0.25, -0.2) is 0 Å². The van der Waals surface area contributed by atoms with Gasteiger partial charge in [-0.15, -0.1) is 0 Å². The second kappa shape index (κ2) is 6.35. The zero-order chi connectivity index (χ0) is 9.52. The van der Waals surface area contributed by atoms with E-state index in [-0.39, 0.29) is 0 Å². The van der Waals surface area contributed by atoms with E-state index in [2.05, 4.69) is 17.6 Å². The Bertz CT molecular complexity index is 124. The van der Waals surface area contributed by atoms with Crippen LogP contribution in [0.15, 0.2) is 0 Å². The van der Waals surface area contributed by atoms with E-state index in [0.29, 0.717) is 12.1 Å². The van der Waals surface area contributed by atoms with Crippen molar-refractivity contribution in [2.75, 3.05) is 26.3 Å². The SMILES string of the molecule is CCOCC(C)NC1CCCNC1. The summed E-state index contributed by atoms with van der Waals surface area (Å²) in [7, 11) is 0. The van der Waals surface area contributed by atoms with Crippen LogP contribution in [0.1, 0.15) is 26.7 Å². The molecule has 0 aromatic rings. The van der Waals surface area contributed by atoms with Crippen LogP contribution >= 0.6 is 0 Å². The van der Waals surface area contributed by atoms with Crippen LogP contribution in [0, 0.1) is 0 Å². The molecule has 1 rings (SSSR count). The minimum absolute atomic E-state index is 0.477. The maximum Gasteiger partial charge on any atom is 0.0616 e. The summed E-state index contributed by atoms with van der Waals surface area (Å²) in [5.41, 5.74) is 0. The maximum atomic E-state index is 5.35. The van der Waals surface area contributed by atoms with E-state index < -0.39 is 0 Å². The van der Waals surface area contributed by atoms with E-state index in [1.165, 1.54) is 19.4 Å². The molecule has 0 aliphatic carbocycles. The Morgan fingerprint density at radius 2 is 2.46 bits per heavy atom. The molecule has 3 heteroatoms. The van der Waals surface area contributed by atoms with Crippen LogP contribution in [0.2, 0.25) is 0 Å². The maximum absolute atomic E-state index is 5.35. The van der Waals surface area contributed by atoms with E-state index in [4.69, 9.17) is 4.74 Å². The zero-order valence-corrected chi connectivity index (χ0v) is 8.81. The highest BCUT2D eigenvalue weighted by Gasteiger charge is 2.14. The van der Waals surface area contributed by atoms with Crippen LogP contribution in [0.4, 0.5) is 0 Å². The van der Waals surface area contributed by atoms with Gasteiger partial charge in [-0.1, -0.05) is 0 Å². The molecule has 0 aromatic heterocycles. The first-order valence-electron chi connectivity index (χ1n) is 5.37. The van der Waals surface area contributed by atoms with Gasteiger partial charge in [-0.05, 0) is 33.2 Å². The molecule has 0 amide bonds. The van der Waals surface area contributed by atoms with Gasteiger partial charge in [-0.2, -0.15) is 0 Å². The van der Waals surface area contributed by atoms with Crippen molar-refractivity contribution in [3.63, 3.8) is 0 Å². The number of hydrogen-bond acceptors (Lipinski definition) is 3. The summed E-state index contributed by atoms with van der Waals surface area (Å²) in [6, 6.07) is 1.12. The van der Waals surface area contributed by atoms with Crippen molar-refractivity contribution in [2.24, 2.45) is 0 Å². The van der Waals surface area contributed by atoms with Crippen LogP contribution in [0.3, 0.4) is 0 Å². The van der Waals surface area contributed by atoms with Crippen molar-refractivity contribution < 1.29 is 4.74 Å². The second-order valence-electron chi connectivity index (χ2n) is 3.77. The van der Waals surface area contributed by atoms with Crippen LogP contribution in [0.25, 0.3) is 0 Å². The highest BCUT2D eigenvalue weighted by Crippen LogP contribution is 2.02. The first kappa shape index (κ1) is 11.0. The molecule has 13 heavy (non-hydrogen) atoms. The fraction of sp³-hybridized carbons (Fsp3) is 1.00. The Kier molecular flexibility index (Phi) is 5.35. The molecule has 1 fully saturated rings. The van der Waals surface area contributed by atoms with E-state index in [9.17, 15) is 0 Å². The van der Waals surface area contributed by atoms with Crippen molar-refractivity contribution in [2.45, 2.75) is 38.8 Å². The van der Waals surface area contributed by atoms with Gasteiger partial charge >= 0.3 is 0 Å². The topological polar surface area (TPSA) is 33.3 Å². The van der Waals surface area contributed by atoms with Gasteiger partial charge in [0, 0.05) is 25.2 Å². The summed E-state index contributed by atoms with van der Waals surface area (Å²) in [6.45, 7) is 8.15. The Hall–Kier alpha value is -0.120. The summed E-state index contributed by atoms with van der Waals surface area (Å²) in [4.78, 5) is 0. The van der Waals surface area contributed by atoms with Crippen LogP contribution in [0.5, 0.6) is 0 Å². The fourth-order valence-corrected chi connectivity index (χ4v) is 1.74. The van der Waals surface area contributed by atoms with E-state index in [1.54, 1.807) is 0 Å². The van der Waals surface area contributed by atoms with Gasteiger partial charge in [0.2, 0.25) is 0 Å². The monoisotopic (exact) mass is 186 g/mol. The number of hydrogen-bond donors (Lipinski definition) is 2. The Labute approximate surface area is 81.2 Å². The summed E-state index contributed by atoms with van der Waals surface area (Å²) in [5.74, 6) is 0. The first-order chi connectivity index (χ1) is 6.33. The van der Waals surface area contributed by atoms with Crippen LogP contribution in [-0.2, 0) is 4.74 Å². The number of nitrogens with one attached hydrogen (secondary N) is 2. The third-order valence-corrected chi connectivity index (χ3v) is 2.39. The fourth-order valence-electron chi connectivity index (χ4n) is 1.74. The van der Waals surface area contributed by atoms with Crippen molar-refractivity contribution in [3.8, 4) is 0 Å². The lowest BCUT2D eigenvalue weighted by molar-refractivity contribution is 0.121. The normalized spacial score (nSPS) is 25.8. The molecule has 1 heterocycles. The van der Waals surface area contributed by atoms with E-state index in [1.807, 2.05) is 6.92 Å². The molecule has 3 nitrogen and oxygen atoms in total. The van der Waals surface area contributed by atoms with Crippen LogP contribution < -0.4 is 10.6 Å². The number of piperidine rings is 1. The molecule has 2 N–H and O–H groups in total. The molecule has 1 aliphatic rings. The van der Waals surface area contributed by atoms with Gasteiger partial charge in [0.15, 0.2) is 0 Å². The largest absolute Gasteiger partial charge is 0.380 e.